The molecule has 1 N–H and O–H groups in total. The number of hydroxylamine groups is 2. The second-order valence-electron chi connectivity index (χ2n) is 5.70. The van der Waals surface area contributed by atoms with E-state index in [-0.39, 0.29) is 13.0 Å². The van der Waals surface area contributed by atoms with Crippen molar-refractivity contribution in [3.63, 3.8) is 0 Å². The Morgan fingerprint density at radius 2 is 2.00 bits per heavy atom. The molecule has 0 saturated carbocycles. The molecule has 0 fully saturated rings. The Labute approximate surface area is 154 Å². The highest BCUT2D eigenvalue weighted by molar-refractivity contribution is 6.30. The minimum atomic E-state index is -1.18. The zero-order chi connectivity index (χ0) is 18.7. The number of hydrogen-bond donors (Lipinski definition) is 1. The van der Waals surface area contributed by atoms with Gasteiger partial charge >= 0.3 is 5.97 Å². The van der Waals surface area contributed by atoms with E-state index >= 15 is 0 Å². The molecule has 2 aromatic rings. The van der Waals surface area contributed by atoms with Crippen LogP contribution in [0.4, 0.5) is 0 Å². The van der Waals surface area contributed by atoms with Crippen molar-refractivity contribution in [1.29, 1.82) is 0 Å². The number of fused-ring (bicyclic) bond motifs is 1. The van der Waals surface area contributed by atoms with Crippen LogP contribution in [0, 0.1) is 0 Å². The fraction of sp³-hybridized carbons (Fsp3) is 0.211. The molecule has 0 spiro atoms. The number of hydrogen-bond acceptors (Lipinski definition) is 5. The van der Waals surface area contributed by atoms with Crippen molar-refractivity contribution in [2.75, 3.05) is 6.61 Å². The van der Waals surface area contributed by atoms with E-state index < -0.39 is 17.9 Å². The second-order valence-corrected chi connectivity index (χ2v) is 6.13. The summed E-state index contributed by atoms with van der Waals surface area (Å²) < 4.78 is 4.92. The van der Waals surface area contributed by atoms with E-state index in [1.54, 1.807) is 37.3 Å². The van der Waals surface area contributed by atoms with Gasteiger partial charge in [0.15, 0.2) is 0 Å². The van der Waals surface area contributed by atoms with E-state index in [0.717, 1.165) is 5.06 Å². The number of amides is 1. The first-order valence-corrected chi connectivity index (χ1v) is 8.50. The van der Waals surface area contributed by atoms with Gasteiger partial charge in [-0.2, -0.15) is 0 Å². The van der Waals surface area contributed by atoms with Gasteiger partial charge in [0.2, 0.25) is 0 Å². The van der Waals surface area contributed by atoms with Gasteiger partial charge in [-0.3, -0.25) is 14.8 Å². The van der Waals surface area contributed by atoms with Crippen molar-refractivity contribution < 1.29 is 19.5 Å². The maximum Gasteiger partial charge on any atom is 0.308 e. The summed E-state index contributed by atoms with van der Waals surface area (Å²) in [5, 5.41) is 13.0. The van der Waals surface area contributed by atoms with Crippen LogP contribution in [0.5, 0.6) is 0 Å². The van der Waals surface area contributed by atoms with Crippen molar-refractivity contribution in [2.45, 2.75) is 19.4 Å². The van der Waals surface area contributed by atoms with Crippen LogP contribution >= 0.6 is 11.6 Å². The van der Waals surface area contributed by atoms with Crippen LogP contribution < -0.4 is 10.6 Å². The van der Waals surface area contributed by atoms with Gasteiger partial charge < -0.3 is 4.74 Å². The lowest BCUT2D eigenvalue weighted by Gasteiger charge is -2.26. The fourth-order valence-corrected chi connectivity index (χ4v) is 2.98. The summed E-state index contributed by atoms with van der Waals surface area (Å²) >= 11 is 6.11. The maximum atomic E-state index is 12.6. The highest BCUT2D eigenvalue weighted by atomic mass is 35.5. The minimum absolute atomic E-state index is 0.188. The number of rotatable bonds is 4. The molecule has 1 heterocycles. The Morgan fingerprint density at radius 1 is 1.27 bits per heavy atom. The van der Waals surface area contributed by atoms with Crippen LogP contribution in [0.25, 0.3) is 5.70 Å². The van der Waals surface area contributed by atoms with Crippen LogP contribution in [0.15, 0.2) is 53.5 Å². The van der Waals surface area contributed by atoms with E-state index in [2.05, 4.69) is 4.99 Å². The highest BCUT2D eigenvalue weighted by Crippen LogP contribution is 2.21. The molecule has 0 bridgehead atoms. The van der Waals surface area contributed by atoms with Crippen molar-refractivity contribution in [3.8, 4) is 0 Å². The summed E-state index contributed by atoms with van der Waals surface area (Å²) in [5.74, 6) is -1.22. The Kier molecular flexibility index (Phi) is 5.35. The van der Waals surface area contributed by atoms with Gasteiger partial charge in [-0.15, -0.1) is 0 Å². The number of halogens is 1. The fourth-order valence-electron chi connectivity index (χ4n) is 2.81. The van der Waals surface area contributed by atoms with Gasteiger partial charge in [-0.05, 0) is 25.1 Å². The number of carbonyl (C=O) groups is 2. The van der Waals surface area contributed by atoms with Crippen molar-refractivity contribution in [3.05, 3.63) is 69.7 Å². The van der Waals surface area contributed by atoms with Gasteiger partial charge in [0.25, 0.3) is 5.91 Å². The SMILES string of the molecule is CCOC(=O)CC1C(=O)N=c2ccc(Cl)cc2=C(c2ccccc2)N1O. The van der Waals surface area contributed by atoms with E-state index in [1.165, 1.54) is 0 Å². The molecule has 0 aromatic heterocycles. The van der Waals surface area contributed by atoms with Crippen molar-refractivity contribution in [1.82, 2.24) is 5.06 Å². The largest absolute Gasteiger partial charge is 0.466 e. The molecule has 2 aromatic carbocycles. The lowest BCUT2D eigenvalue weighted by molar-refractivity contribution is -0.153. The van der Waals surface area contributed by atoms with Gasteiger partial charge in [-0.1, -0.05) is 41.9 Å². The average molecular weight is 373 g/mol. The minimum Gasteiger partial charge on any atom is -0.466 e. The molecule has 1 aliphatic heterocycles. The number of ether oxygens (including phenoxy) is 1. The van der Waals surface area contributed by atoms with E-state index in [0.29, 0.717) is 26.9 Å². The van der Waals surface area contributed by atoms with Crippen LogP contribution in [0.2, 0.25) is 5.02 Å². The van der Waals surface area contributed by atoms with Gasteiger partial charge in [0, 0.05) is 15.8 Å². The summed E-state index contributed by atoms with van der Waals surface area (Å²) in [6.45, 7) is 1.86. The maximum absolute atomic E-state index is 12.6. The Balaban J connectivity index is 2.22. The zero-order valence-electron chi connectivity index (χ0n) is 14.1. The summed E-state index contributed by atoms with van der Waals surface area (Å²) in [6, 6.07) is 12.7. The van der Waals surface area contributed by atoms with E-state index in [9.17, 15) is 14.8 Å². The summed E-state index contributed by atoms with van der Waals surface area (Å²) in [7, 11) is 0. The molecule has 1 aliphatic rings. The molecule has 3 rings (SSSR count). The van der Waals surface area contributed by atoms with Crippen molar-refractivity contribution >= 4 is 29.2 Å². The first-order valence-electron chi connectivity index (χ1n) is 8.13. The monoisotopic (exact) mass is 372 g/mol. The molecule has 0 saturated heterocycles. The number of nitrogens with zero attached hydrogens (tertiary/aromatic N) is 2. The molecule has 0 aliphatic carbocycles. The Hall–Kier alpha value is -2.70. The number of esters is 1. The van der Waals surface area contributed by atoms with Gasteiger partial charge in [0.1, 0.15) is 6.04 Å². The smallest absolute Gasteiger partial charge is 0.308 e. The third-order valence-electron chi connectivity index (χ3n) is 3.97. The zero-order valence-corrected chi connectivity index (χ0v) is 14.8. The molecule has 134 valence electrons. The van der Waals surface area contributed by atoms with Crippen LogP contribution in [-0.4, -0.2) is 34.8 Å². The molecular formula is C19H17ClN2O4. The first-order chi connectivity index (χ1) is 12.5. The van der Waals surface area contributed by atoms with Crippen LogP contribution in [0.1, 0.15) is 18.9 Å². The molecule has 26 heavy (non-hydrogen) atoms. The predicted octanol–water partition coefficient (Wildman–Crippen LogP) is 1.67. The number of benzene rings is 2. The Bertz CT molecular complexity index is 959. The molecule has 1 amide bonds. The quantitative estimate of drug-likeness (QED) is 0.826. The highest BCUT2D eigenvalue weighted by Gasteiger charge is 2.32. The lowest BCUT2D eigenvalue weighted by Crippen LogP contribution is -2.40. The molecule has 1 atom stereocenters. The molecule has 6 nitrogen and oxygen atoms in total. The second kappa shape index (κ2) is 7.68. The van der Waals surface area contributed by atoms with Crippen LogP contribution in [0.3, 0.4) is 0 Å². The topological polar surface area (TPSA) is 79.2 Å². The first kappa shape index (κ1) is 18.1. The number of carbonyl (C=O) groups excluding carboxylic acids is 2. The van der Waals surface area contributed by atoms with E-state index in [1.807, 2.05) is 18.2 Å². The summed E-state index contributed by atoms with van der Waals surface area (Å²) in [5.41, 5.74) is 1.02. The summed E-state index contributed by atoms with van der Waals surface area (Å²) in [4.78, 5) is 28.5. The van der Waals surface area contributed by atoms with E-state index in [4.69, 9.17) is 16.3 Å². The third kappa shape index (κ3) is 3.61. The molecule has 1 unspecified atom stereocenters. The normalized spacial score (nSPS) is 16.6. The van der Waals surface area contributed by atoms with Crippen molar-refractivity contribution in [2.24, 2.45) is 4.99 Å². The van der Waals surface area contributed by atoms with Crippen LogP contribution in [-0.2, 0) is 14.3 Å². The molecular weight excluding hydrogens is 356 g/mol. The van der Waals surface area contributed by atoms with Gasteiger partial charge in [-0.25, -0.2) is 10.1 Å². The Morgan fingerprint density at radius 3 is 2.69 bits per heavy atom. The van der Waals surface area contributed by atoms with Gasteiger partial charge in [0.05, 0.1) is 24.1 Å². The summed E-state index contributed by atoms with van der Waals surface area (Å²) in [6.07, 6.45) is -0.315. The molecule has 0 radical (unpaired) electrons. The molecule has 7 heteroatoms. The average Bonchev–Trinajstić information content (AvgIpc) is 2.71. The lowest BCUT2D eigenvalue weighted by atomic mass is 10.1. The standard InChI is InChI=1S/C19H17ClN2O4/c1-2-26-17(23)11-16-19(24)21-15-9-8-13(20)10-14(15)18(22(16)25)12-6-4-3-5-7-12/h3-10,16,25H,2,11H2,1H3. The third-order valence-corrected chi connectivity index (χ3v) is 4.20. The predicted molar refractivity (Wildman–Crippen MR) is 94.9 cm³/mol.